The summed E-state index contributed by atoms with van der Waals surface area (Å²) in [5.41, 5.74) is 7.76. The van der Waals surface area contributed by atoms with Crippen LogP contribution in [-0.4, -0.2) is 16.7 Å². The van der Waals surface area contributed by atoms with Crippen molar-refractivity contribution in [2.24, 2.45) is 9.98 Å². The molecule has 8 rings (SSSR count). The fraction of sp³-hybridized carbons (Fsp3) is 0.0256. The number of rotatable bonds is 5. The number of aliphatic imine (C=N–C) groups is 2. The van der Waals surface area contributed by atoms with Gasteiger partial charge in [0.15, 0.2) is 5.84 Å². The van der Waals surface area contributed by atoms with Crippen molar-refractivity contribution < 1.29 is 0 Å². The average molecular weight is 596 g/mol. The highest BCUT2D eigenvalue weighted by Crippen LogP contribution is 2.40. The molecule has 1 atom stereocenters. The molecule has 0 aliphatic carbocycles. The Morgan fingerprint density at radius 3 is 2.16 bits per heavy atom. The molecular formula is C39H25N5S. The lowest BCUT2D eigenvalue weighted by Crippen LogP contribution is -2.33. The Morgan fingerprint density at radius 1 is 0.644 bits per heavy atom. The smallest absolute Gasteiger partial charge is 0.159 e. The second-order valence-electron chi connectivity index (χ2n) is 10.9. The number of nitrogens with zero attached hydrogens (tertiary/aromatic N) is 4. The number of amidine groups is 2. The van der Waals surface area contributed by atoms with Crippen LogP contribution in [0.1, 0.15) is 28.4 Å². The Kier molecular flexibility index (Phi) is 6.71. The van der Waals surface area contributed by atoms with Gasteiger partial charge in [0, 0.05) is 43.1 Å². The van der Waals surface area contributed by atoms with Crippen molar-refractivity contribution in [3.63, 3.8) is 0 Å². The van der Waals surface area contributed by atoms with Crippen LogP contribution in [0.25, 0.3) is 42.6 Å². The molecule has 0 fully saturated rings. The van der Waals surface area contributed by atoms with Gasteiger partial charge >= 0.3 is 0 Å². The maximum atomic E-state index is 9.41. The van der Waals surface area contributed by atoms with Crippen LogP contribution in [0, 0.1) is 11.3 Å². The molecule has 0 saturated heterocycles. The van der Waals surface area contributed by atoms with Crippen molar-refractivity contribution >= 4 is 43.2 Å². The zero-order valence-corrected chi connectivity index (χ0v) is 24.9. The molecule has 1 unspecified atom stereocenters. The second-order valence-corrected chi connectivity index (χ2v) is 11.9. The minimum Gasteiger partial charge on any atom is -0.344 e. The molecule has 2 aromatic heterocycles. The zero-order chi connectivity index (χ0) is 30.2. The number of nitriles is 1. The predicted octanol–water partition coefficient (Wildman–Crippen LogP) is 9.15. The van der Waals surface area contributed by atoms with Crippen LogP contribution in [0.5, 0.6) is 0 Å². The van der Waals surface area contributed by atoms with Crippen LogP contribution in [0.3, 0.4) is 0 Å². The lowest BCUT2D eigenvalue weighted by molar-refractivity contribution is 0.674. The Bertz CT molecular complexity index is 2300. The molecule has 1 aliphatic heterocycles. The molecule has 0 radical (unpaired) electrons. The van der Waals surface area contributed by atoms with E-state index in [9.17, 15) is 5.26 Å². The van der Waals surface area contributed by atoms with Crippen LogP contribution >= 0.6 is 11.3 Å². The lowest BCUT2D eigenvalue weighted by atomic mass is 9.99. The van der Waals surface area contributed by atoms with E-state index in [1.165, 1.54) is 9.40 Å². The van der Waals surface area contributed by atoms with E-state index >= 15 is 0 Å². The minimum absolute atomic E-state index is 0.246. The van der Waals surface area contributed by atoms with Gasteiger partial charge in [0.2, 0.25) is 0 Å². The molecule has 6 heteroatoms. The summed E-state index contributed by atoms with van der Waals surface area (Å²) >= 11 is 1.77. The van der Waals surface area contributed by atoms with Gasteiger partial charge in [-0.2, -0.15) is 5.26 Å². The van der Waals surface area contributed by atoms with Crippen molar-refractivity contribution in [1.29, 1.82) is 5.26 Å². The van der Waals surface area contributed by atoms with E-state index in [4.69, 9.17) is 15.0 Å². The molecule has 5 aromatic carbocycles. The van der Waals surface area contributed by atoms with E-state index in [-0.39, 0.29) is 6.17 Å². The first-order chi connectivity index (χ1) is 22.2. The van der Waals surface area contributed by atoms with Crippen LogP contribution in [-0.2, 0) is 0 Å². The van der Waals surface area contributed by atoms with Gasteiger partial charge in [-0.15, -0.1) is 11.3 Å². The third kappa shape index (κ3) is 5.06. The third-order valence-corrected chi connectivity index (χ3v) is 9.16. The molecule has 45 heavy (non-hydrogen) atoms. The molecule has 0 amide bonds. The van der Waals surface area contributed by atoms with Gasteiger partial charge in [-0.25, -0.2) is 9.98 Å². The van der Waals surface area contributed by atoms with E-state index in [0.717, 1.165) is 55.7 Å². The quantitative estimate of drug-likeness (QED) is 0.216. The molecule has 1 N–H and O–H groups in total. The first-order valence-electron chi connectivity index (χ1n) is 14.7. The highest BCUT2D eigenvalue weighted by Gasteiger charge is 2.21. The molecule has 0 bridgehead atoms. The van der Waals surface area contributed by atoms with Gasteiger partial charge in [0.05, 0.1) is 17.3 Å². The molecule has 212 valence electrons. The fourth-order valence-electron chi connectivity index (χ4n) is 5.79. The topological polar surface area (TPSA) is 73.4 Å². The molecule has 7 aromatic rings. The average Bonchev–Trinajstić information content (AvgIpc) is 3.50. The number of hydrogen-bond donors (Lipinski definition) is 1. The van der Waals surface area contributed by atoms with E-state index in [0.29, 0.717) is 11.4 Å². The van der Waals surface area contributed by atoms with E-state index < -0.39 is 0 Å². The van der Waals surface area contributed by atoms with Gasteiger partial charge in [-0.1, -0.05) is 103 Å². The Balaban J connectivity index is 1.20. The van der Waals surface area contributed by atoms with E-state index in [2.05, 4.69) is 84.2 Å². The van der Waals surface area contributed by atoms with Gasteiger partial charge in [-0.05, 0) is 47.0 Å². The Morgan fingerprint density at radius 2 is 1.36 bits per heavy atom. The Labute approximate surface area is 264 Å². The van der Waals surface area contributed by atoms with Crippen molar-refractivity contribution in [2.75, 3.05) is 0 Å². The molecule has 1 aliphatic rings. The van der Waals surface area contributed by atoms with Gasteiger partial charge in [0.25, 0.3) is 0 Å². The monoisotopic (exact) mass is 595 g/mol. The number of thiophene rings is 1. The van der Waals surface area contributed by atoms with Crippen molar-refractivity contribution in [1.82, 2.24) is 10.3 Å². The highest BCUT2D eigenvalue weighted by molar-refractivity contribution is 7.25. The van der Waals surface area contributed by atoms with Crippen molar-refractivity contribution in [3.05, 3.63) is 162 Å². The number of aromatic nitrogens is 1. The summed E-state index contributed by atoms with van der Waals surface area (Å²) in [6.45, 7) is 0. The summed E-state index contributed by atoms with van der Waals surface area (Å²) in [4.78, 5) is 14.8. The number of pyridine rings is 1. The fourth-order valence-corrected chi connectivity index (χ4v) is 6.87. The Hall–Kier alpha value is -5.90. The second kappa shape index (κ2) is 11.3. The van der Waals surface area contributed by atoms with Crippen molar-refractivity contribution in [3.8, 4) is 28.5 Å². The summed E-state index contributed by atoms with van der Waals surface area (Å²) in [5.74, 6) is 1.48. The normalized spacial score (nSPS) is 14.4. The number of hydrogen-bond acceptors (Lipinski definition) is 6. The molecule has 3 heterocycles. The van der Waals surface area contributed by atoms with Gasteiger partial charge < -0.3 is 5.32 Å². The first kappa shape index (κ1) is 26.7. The number of benzene rings is 5. The van der Waals surface area contributed by atoms with Gasteiger partial charge in [-0.3, -0.25) is 4.98 Å². The summed E-state index contributed by atoms with van der Waals surface area (Å²) in [5, 5.41) is 15.2. The third-order valence-electron chi connectivity index (χ3n) is 8.03. The number of nitrogens with one attached hydrogen (secondary N) is 1. The van der Waals surface area contributed by atoms with Crippen LogP contribution in [0.2, 0.25) is 0 Å². The summed E-state index contributed by atoms with van der Waals surface area (Å²) in [6.07, 6.45) is 1.64. The van der Waals surface area contributed by atoms with Gasteiger partial charge in [0.1, 0.15) is 12.0 Å². The summed E-state index contributed by atoms with van der Waals surface area (Å²) in [7, 11) is 0. The summed E-state index contributed by atoms with van der Waals surface area (Å²) < 4.78 is 2.39. The summed E-state index contributed by atoms with van der Waals surface area (Å²) in [6, 6.07) is 47.4. The maximum absolute atomic E-state index is 9.41. The number of fused-ring (bicyclic) bond motifs is 3. The lowest BCUT2D eigenvalue weighted by Gasteiger charge is -2.23. The first-order valence-corrected chi connectivity index (χ1v) is 15.5. The van der Waals surface area contributed by atoms with E-state index in [1.807, 2.05) is 66.9 Å². The standard InChI is InChI=1S/C39H25N5S/c40-24-25-8-7-13-30(22-25)31-18-19-33-32(23-31)35-34(45-33)20-21-41-36(35)26-14-16-29(17-15-26)39-43-37(27-9-3-1-4-10-27)42-38(44-39)28-11-5-2-6-12-28/h1-23,37H,(H,42,43,44). The predicted molar refractivity (Wildman–Crippen MR) is 185 cm³/mol. The highest BCUT2D eigenvalue weighted by atomic mass is 32.1. The molecule has 0 saturated carbocycles. The maximum Gasteiger partial charge on any atom is 0.159 e. The van der Waals surface area contributed by atoms with E-state index in [1.54, 1.807) is 11.3 Å². The SMILES string of the molecule is N#Cc1cccc(-c2ccc3sc4ccnc(-c5ccc(C6=NC(c7ccccc7)NC(c7ccccc7)=N6)cc5)c4c3c2)c1. The molecular weight excluding hydrogens is 571 g/mol. The van der Waals surface area contributed by atoms with Crippen LogP contribution in [0.15, 0.2) is 150 Å². The zero-order valence-electron chi connectivity index (χ0n) is 24.1. The molecule has 5 nitrogen and oxygen atoms in total. The van der Waals surface area contributed by atoms with Crippen molar-refractivity contribution in [2.45, 2.75) is 6.17 Å². The minimum atomic E-state index is -0.246. The molecule has 0 spiro atoms. The van der Waals surface area contributed by atoms with Crippen LogP contribution < -0.4 is 5.32 Å². The largest absolute Gasteiger partial charge is 0.344 e. The van der Waals surface area contributed by atoms with Crippen LogP contribution in [0.4, 0.5) is 0 Å².